The second-order valence-electron chi connectivity index (χ2n) is 5.84. The molecule has 0 spiro atoms. The topological polar surface area (TPSA) is 32.3 Å². The number of carbonyl (C=O) groups is 1. The number of hydrogen-bond donors (Lipinski definition) is 1. The number of amides is 1. The fraction of sp³-hybridized carbons (Fsp3) is 0.533. The number of benzene rings is 1. The van der Waals surface area contributed by atoms with Crippen molar-refractivity contribution < 1.29 is 9.18 Å². The maximum atomic E-state index is 14.1. The summed E-state index contributed by atoms with van der Waals surface area (Å²) in [7, 11) is 1.83. The Labute approximate surface area is 125 Å². The number of rotatable bonds is 5. The van der Waals surface area contributed by atoms with Crippen LogP contribution in [-0.4, -0.2) is 24.9 Å². The monoisotopic (exact) mass is 300 g/mol. The van der Waals surface area contributed by atoms with Gasteiger partial charge in [0.05, 0.1) is 11.1 Å². The summed E-state index contributed by atoms with van der Waals surface area (Å²) in [6, 6.07) is 4.88. The SMILES string of the molecule is CC(C)N(C)c1ccc(NC(=O)C(C)(C)CCl)cc1F. The second kappa shape index (κ2) is 6.44. The molecule has 3 nitrogen and oxygen atoms in total. The van der Waals surface area contributed by atoms with Gasteiger partial charge in [0.1, 0.15) is 5.82 Å². The first kappa shape index (κ1) is 16.8. The van der Waals surface area contributed by atoms with Gasteiger partial charge in [-0.15, -0.1) is 11.6 Å². The van der Waals surface area contributed by atoms with E-state index >= 15 is 0 Å². The van der Waals surface area contributed by atoms with E-state index in [0.29, 0.717) is 11.4 Å². The highest BCUT2D eigenvalue weighted by Crippen LogP contribution is 2.25. The number of anilines is 2. The molecule has 0 unspecified atom stereocenters. The molecule has 20 heavy (non-hydrogen) atoms. The van der Waals surface area contributed by atoms with Gasteiger partial charge in [-0.25, -0.2) is 4.39 Å². The Morgan fingerprint density at radius 1 is 1.45 bits per heavy atom. The van der Waals surface area contributed by atoms with Crippen LogP contribution < -0.4 is 10.2 Å². The van der Waals surface area contributed by atoms with E-state index in [4.69, 9.17) is 11.6 Å². The first-order valence-electron chi connectivity index (χ1n) is 6.59. The van der Waals surface area contributed by atoms with Crippen LogP contribution in [0.25, 0.3) is 0 Å². The first-order chi connectivity index (χ1) is 9.19. The van der Waals surface area contributed by atoms with Gasteiger partial charge in [-0.3, -0.25) is 4.79 Å². The fourth-order valence-electron chi connectivity index (χ4n) is 1.51. The van der Waals surface area contributed by atoms with Gasteiger partial charge in [0.25, 0.3) is 0 Å². The lowest BCUT2D eigenvalue weighted by Gasteiger charge is -2.25. The summed E-state index contributed by atoms with van der Waals surface area (Å²) in [4.78, 5) is 13.8. The van der Waals surface area contributed by atoms with E-state index in [1.54, 1.807) is 26.0 Å². The average molecular weight is 301 g/mol. The molecule has 1 aromatic rings. The molecule has 0 aliphatic rings. The molecule has 1 N–H and O–H groups in total. The van der Waals surface area contributed by atoms with Crippen LogP contribution in [-0.2, 0) is 4.79 Å². The molecule has 1 aromatic carbocycles. The number of nitrogens with one attached hydrogen (secondary N) is 1. The lowest BCUT2D eigenvalue weighted by molar-refractivity contribution is -0.122. The third kappa shape index (κ3) is 3.85. The smallest absolute Gasteiger partial charge is 0.231 e. The Balaban J connectivity index is 2.91. The minimum Gasteiger partial charge on any atom is -0.370 e. The van der Waals surface area contributed by atoms with Gasteiger partial charge in [-0.05, 0) is 45.9 Å². The molecule has 5 heteroatoms. The van der Waals surface area contributed by atoms with Crippen molar-refractivity contribution in [3.8, 4) is 0 Å². The summed E-state index contributed by atoms with van der Waals surface area (Å²) in [6.45, 7) is 7.45. The van der Waals surface area contributed by atoms with Crippen molar-refractivity contribution in [1.82, 2.24) is 0 Å². The van der Waals surface area contributed by atoms with Gasteiger partial charge >= 0.3 is 0 Å². The van der Waals surface area contributed by atoms with Gasteiger partial charge in [0.2, 0.25) is 5.91 Å². The predicted molar refractivity (Wildman–Crippen MR) is 83.1 cm³/mol. The normalized spacial score (nSPS) is 11.6. The molecule has 112 valence electrons. The third-order valence-electron chi connectivity index (χ3n) is 3.31. The second-order valence-corrected chi connectivity index (χ2v) is 6.11. The van der Waals surface area contributed by atoms with Crippen LogP contribution in [0.3, 0.4) is 0 Å². The summed E-state index contributed by atoms with van der Waals surface area (Å²) >= 11 is 5.75. The zero-order valence-electron chi connectivity index (χ0n) is 12.6. The summed E-state index contributed by atoms with van der Waals surface area (Å²) in [6.07, 6.45) is 0. The molecular weight excluding hydrogens is 279 g/mol. The Hall–Kier alpha value is -1.29. The number of halogens is 2. The van der Waals surface area contributed by atoms with E-state index in [9.17, 15) is 9.18 Å². The van der Waals surface area contributed by atoms with Crippen molar-refractivity contribution in [2.24, 2.45) is 5.41 Å². The Bertz CT molecular complexity index is 489. The van der Waals surface area contributed by atoms with Crippen molar-refractivity contribution in [2.45, 2.75) is 33.7 Å². The summed E-state index contributed by atoms with van der Waals surface area (Å²) in [5.74, 6) is -0.380. The van der Waals surface area contributed by atoms with Crippen LogP contribution in [0.4, 0.5) is 15.8 Å². The molecule has 0 atom stereocenters. The van der Waals surface area contributed by atoms with Crippen LogP contribution in [0.1, 0.15) is 27.7 Å². The Kier molecular flexibility index (Phi) is 5.40. The number of nitrogens with zero attached hydrogens (tertiary/aromatic N) is 1. The van der Waals surface area contributed by atoms with Gasteiger partial charge in [-0.1, -0.05) is 0 Å². The highest BCUT2D eigenvalue weighted by molar-refractivity contribution is 6.20. The van der Waals surface area contributed by atoms with Crippen molar-refractivity contribution in [2.75, 3.05) is 23.1 Å². The maximum Gasteiger partial charge on any atom is 0.231 e. The quantitative estimate of drug-likeness (QED) is 0.837. The zero-order chi connectivity index (χ0) is 15.5. The largest absolute Gasteiger partial charge is 0.370 e. The van der Waals surface area contributed by atoms with Gasteiger partial charge in [0.15, 0.2) is 0 Å². The summed E-state index contributed by atoms with van der Waals surface area (Å²) < 4.78 is 14.1. The number of carbonyl (C=O) groups excluding carboxylic acids is 1. The molecule has 0 fully saturated rings. The van der Waals surface area contributed by atoms with Crippen LogP contribution in [0.5, 0.6) is 0 Å². The highest BCUT2D eigenvalue weighted by Gasteiger charge is 2.26. The molecular formula is C15H22ClFN2O. The van der Waals surface area contributed by atoms with E-state index in [1.165, 1.54) is 6.07 Å². The van der Waals surface area contributed by atoms with Crippen molar-refractivity contribution in [1.29, 1.82) is 0 Å². The molecule has 0 aliphatic carbocycles. The van der Waals surface area contributed by atoms with Crippen molar-refractivity contribution in [3.63, 3.8) is 0 Å². The molecule has 0 saturated carbocycles. The van der Waals surface area contributed by atoms with Crippen molar-refractivity contribution in [3.05, 3.63) is 24.0 Å². The fourth-order valence-corrected chi connectivity index (χ4v) is 1.63. The molecule has 0 radical (unpaired) electrons. The third-order valence-corrected chi connectivity index (χ3v) is 3.98. The van der Waals surface area contributed by atoms with Crippen LogP contribution >= 0.6 is 11.6 Å². The van der Waals surface area contributed by atoms with Crippen LogP contribution in [0, 0.1) is 11.2 Å². The molecule has 0 bridgehead atoms. The number of alkyl halides is 1. The van der Waals surface area contributed by atoms with Crippen LogP contribution in [0.15, 0.2) is 18.2 Å². The predicted octanol–water partition coefficient (Wildman–Crippen LogP) is 3.87. The minimum atomic E-state index is -0.689. The maximum absolute atomic E-state index is 14.1. The minimum absolute atomic E-state index is 0.195. The van der Waals surface area contributed by atoms with Gasteiger partial charge in [-0.2, -0.15) is 0 Å². The lowest BCUT2D eigenvalue weighted by Crippen LogP contribution is -2.32. The molecule has 0 saturated heterocycles. The Morgan fingerprint density at radius 2 is 2.05 bits per heavy atom. The molecule has 0 aromatic heterocycles. The van der Waals surface area contributed by atoms with E-state index < -0.39 is 5.41 Å². The summed E-state index contributed by atoms with van der Waals surface area (Å²) in [5.41, 5.74) is 0.256. The molecule has 1 rings (SSSR count). The number of hydrogen-bond acceptors (Lipinski definition) is 2. The van der Waals surface area contributed by atoms with E-state index in [2.05, 4.69) is 5.32 Å². The zero-order valence-corrected chi connectivity index (χ0v) is 13.4. The first-order valence-corrected chi connectivity index (χ1v) is 7.12. The average Bonchev–Trinajstić information content (AvgIpc) is 2.37. The van der Waals surface area contributed by atoms with E-state index in [-0.39, 0.29) is 23.6 Å². The van der Waals surface area contributed by atoms with E-state index in [0.717, 1.165) is 0 Å². The highest BCUT2D eigenvalue weighted by atomic mass is 35.5. The molecule has 0 aliphatic heterocycles. The Morgan fingerprint density at radius 3 is 2.50 bits per heavy atom. The summed E-state index contributed by atoms with van der Waals surface area (Å²) in [5, 5.41) is 2.69. The van der Waals surface area contributed by atoms with E-state index in [1.807, 2.05) is 25.8 Å². The standard InChI is InChI=1S/C15H22ClFN2O/c1-10(2)19(5)13-7-6-11(8-12(13)17)18-14(20)15(3,4)9-16/h6-8,10H,9H2,1-5H3,(H,18,20). The molecule has 0 heterocycles. The van der Waals surface area contributed by atoms with Gasteiger partial charge in [0, 0.05) is 24.7 Å². The van der Waals surface area contributed by atoms with Crippen molar-refractivity contribution >= 4 is 28.9 Å². The lowest BCUT2D eigenvalue weighted by atomic mass is 9.95. The molecule has 1 amide bonds. The van der Waals surface area contributed by atoms with Gasteiger partial charge < -0.3 is 10.2 Å². The van der Waals surface area contributed by atoms with Crippen LogP contribution in [0.2, 0.25) is 0 Å².